The molecule has 0 bridgehead atoms. The molecule has 1 rings (SSSR count). The maximum Gasteiger partial charge on any atom is 0.321 e. The van der Waals surface area contributed by atoms with Gasteiger partial charge in [-0.15, -0.1) is 0 Å². The predicted molar refractivity (Wildman–Crippen MR) is 74.7 cm³/mol. The highest BCUT2D eigenvalue weighted by atomic mass is 16.6. The van der Waals surface area contributed by atoms with Crippen molar-refractivity contribution in [2.45, 2.75) is 26.4 Å². The van der Waals surface area contributed by atoms with Crippen LogP contribution in [0.3, 0.4) is 0 Å². The van der Waals surface area contributed by atoms with Gasteiger partial charge in [0.05, 0.1) is 18.5 Å². The van der Waals surface area contributed by atoms with Crippen molar-refractivity contribution in [2.24, 2.45) is 0 Å². The molecule has 0 aliphatic heterocycles. The van der Waals surface area contributed by atoms with E-state index in [2.05, 4.69) is 0 Å². The molecule has 0 aromatic heterocycles. The number of benzene rings is 1. The van der Waals surface area contributed by atoms with E-state index >= 15 is 0 Å². The van der Waals surface area contributed by atoms with Crippen molar-refractivity contribution in [3.63, 3.8) is 0 Å². The van der Waals surface area contributed by atoms with Crippen LogP contribution in [0.5, 0.6) is 5.75 Å². The monoisotopic (exact) mass is 309 g/mol. The van der Waals surface area contributed by atoms with Crippen molar-refractivity contribution < 1.29 is 28.8 Å². The number of esters is 1. The predicted octanol–water partition coefficient (Wildman–Crippen LogP) is 1.83. The molecule has 0 radical (unpaired) electrons. The van der Waals surface area contributed by atoms with Gasteiger partial charge in [0, 0.05) is 12.0 Å². The average Bonchev–Trinajstić information content (AvgIpc) is 2.49. The number of ether oxygens (including phenoxy) is 2. The van der Waals surface area contributed by atoms with Gasteiger partial charge in [0.25, 0.3) is 0 Å². The number of ketones is 1. The molecule has 1 aromatic carbocycles. The van der Waals surface area contributed by atoms with Crippen LogP contribution in [0.2, 0.25) is 0 Å². The number of Topliss-reactive ketones (excluding diaryl/α,β-unsaturated/α-hetero) is 1. The first-order valence-electron chi connectivity index (χ1n) is 6.35. The largest absolute Gasteiger partial charge is 0.490 e. The molecular weight excluding hydrogens is 294 g/mol. The summed E-state index contributed by atoms with van der Waals surface area (Å²) in [4.78, 5) is 43.7. The van der Waals surface area contributed by atoms with E-state index in [0.29, 0.717) is 6.29 Å². The number of carbonyl (C=O) groups is 3. The number of nitro groups is 1. The van der Waals surface area contributed by atoms with Crippen molar-refractivity contribution in [1.29, 1.82) is 0 Å². The second-order valence-electron chi connectivity index (χ2n) is 4.43. The minimum atomic E-state index is -0.733. The van der Waals surface area contributed by atoms with Crippen LogP contribution < -0.4 is 4.74 Å². The van der Waals surface area contributed by atoms with Crippen LogP contribution in [0.15, 0.2) is 12.1 Å². The van der Waals surface area contributed by atoms with Crippen molar-refractivity contribution in [2.75, 3.05) is 7.11 Å². The normalized spacial score (nSPS) is 9.91. The maximum absolute atomic E-state index is 11.4. The Morgan fingerprint density at radius 2 is 2.00 bits per heavy atom. The second-order valence-corrected chi connectivity index (χ2v) is 4.43. The fourth-order valence-corrected chi connectivity index (χ4v) is 1.75. The Morgan fingerprint density at radius 3 is 2.50 bits per heavy atom. The summed E-state index contributed by atoms with van der Waals surface area (Å²) in [7, 11) is 1.25. The van der Waals surface area contributed by atoms with E-state index in [0.717, 1.165) is 0 Å². The smallest absolute Gasteiger partial charge is 0.321 e. The fourth-order valence-electron chi connectivity index (χ4n) is 1.75. The summed E-state index contributed by atoms with van der Waals surface area (Å²) in [6.07, 6.45) is 0.297. The summed E-state index contributed by atoms with van der Waals surface area (Å²) >= 11 is 0. The lowest BCUT2D eigenvalue weighted by Gasteiger charge is -2.09. The van der Waals surface area contributed by atoms with Gasteiger partial charge >= 0.3 is 11.7 Å². The van der Waals surface area contributed by atoms with Crippen LogP contribution in [-0.4, -0.2) is 30.1 Å². The van der Waals surface area contributed by atoms with Gasteiger partial charge in [-0.3, -0.25) is 19.7 Å². The van der Waals surface area contributed by atoms with E-state index in [-0.39, 0.29) is 42.1 Å². The number of nitrogens with zero attached hydrogens (tertiary/aromatic N) is 1. The number of rotatable bonds is 8. The van der Waals surface area contributed by atoms with Crippen molar-refractivity contribution >= 4 is 23.7 Å². The van der Waals surface area contributed by atoms with Gasteiger partial charge in [-0.1, -0.05) is 6.07 Å². The van der Waals surface area contributed by atoms with Crippen molar-refractivity contribution in [3.05, 3.63) is 33.4 Å². The molecule has 22 heavy (non-hydrogen) atoms. The minimum Gasteiger partial charge on any atom is -0.490 e. The molecule has 0 N–H and O–H groups in total. The van der Waals surface area contributed by atoms with E-state index in [1.807, 2.05) is 0 Å². The lowest BCUT2D eigenvalue weighted by Crippen LogP contribution is -2.09. The molecule has 0 aliphatic carbocycles. The molecule has 0 heterocycles. The zero-order chi connectivity index (χ0) is 16.7. The molecule has 1 aromatic rings. The number of hydrogen-bond acceptors (Lipinski definition) is 7. The highest BCUT2D eigenvalue weighted by Crippen LogP contribution is 2.32. The molecule has 0 aliphatic rings. The van der Waals surface area contributed by atoms with Crippen molar-refractivity contribution in [3.8, 4) is 5.75 Å². The maximum atomic E-state index is 11.4. The molecule has 0 atom stereocenters. The molecule has 0 unspecified atom stereocenters. The number of methoxy groups -OCH3 is 1. The molecule has 0 amide bonds. The van der Waals surface area contributed by atoms with Gasteiger partial charge in [-0.2, -0.15) is 0 Å². The summed E-state index contributed by atoms with van der Waals surface area (Å²) in [5.74, 6) is -0.824. The van der Waals surface area contributed by atoms with Gasteiger partial charge in [0.15, 0.2) is 12.0 Å². The summed E-state index contributed by atoms with van der Waals surface area (Å²) in [5.41, 5.74) is -0.489. The van der Waals surface area contributed by atoms with E-state index in [9.17, 15) is 24.5 Å². The SMILES string of the molecule is COc1ccc(COC(=O)CCC(C)=O)c(C=O)c1[N+](=O)[O-]. The number of nitro benzene ring substituents is 1. The first-order valence-corrected chi connectivity index (χ1v) is 6.35. The van der Waals surface area contributed by atoms with Gasteiger partial charge in [0.2, 0.25) is 0 Å². The Balaban J connectivity index is 2.94. The van der Waals surface area contributed by atoms with Crippen LogP contribution in [0.25, 0.3) is 0 Å². The first kappa shape index (κ1) is 17.3. The Bertz CT molecular complexity index is 609. The molecule has 118 valence electrons. The molecule has 8 heteroatoms. The molecule has 0 saturated heterocycles. The lowest BCUT2D eigenvalue weighted by molar-refractivity contribution is -0.386. The highest BCUT2D eigenvalue weighted by Gasteiger charge is 2.24. The number of hydrogen-bond donors (Lipinski definition) is 0. The van der Waals surface area contributed by atoms with E-state index in [4.69, 9.17) is 9.47 Å². The van der Waals surface area contributed by atoms with Gasteiger partial charge in [-0.05, 0) is 13.0 Å². The number of aldehydes is 1. The second kappa shape index (κ2) is 7.87. The molecule has 8 nitrogen and oxygen atoms in total. The highest BCUT2D eigenvalue weighted by molar-refractivity contribution is 5.86. The quantitative estimate of drug-likeness (QED) is 0.311. The summed E-state index contributed by atoms with van der Waals surface area (Å²) in [6.45, 7) is 1.06. The van der Waals surface area contributed by atoms with Crippen LogP contribution in [0.1, 0.15) is 35.7 Å². The van der Waals surface area contributed by atoms with Crippen LogP contribution in [0, 0.1) is 10.1 Å². The summed E-state index contributed by atoms with van der Waals surface area (Å²) < 4.78 is 9.76. The summed E-state index contributed by atoms with van der Waals surface area (Å²) in [6, 6.07) is 2.73. The van der Waals surface area contributed by atoms with E-state index < -0.39 is 16.6 Å². The van der Waals surface area contributed by atoms with E-state index in [1.54, 1.807) is 0 Å². The van der Waals surface area contributed by atoms with Crippen LogP contribution in [0.4, 0.5) is 5.69 Å². The summed E-state index contributed by atoms with van der Waals surface area (Å²) in [5, 5.41) is 11.0. The first-order chi connectivity index (χ1) is 10.4. The molecular formula is C14H15NO7. The lowest BCUT2D eigenvalue weighted by atomic mass is 10.1. The van der Waals surface area contributed by atoms with Gasteiger partial charge in [-0.25, -0.2) is 0 Å². The standard InChI is InChI=1S/C14H15NO7/c1-9(17)3-6-13(18)22-8-10-4-5-12(21-2)14(15(19)20)11(10)7-16/h4-5,7H,3,6,8H2,1-2H3. The van der Waals surface area contributed by atoms with Crippen LogP contribution in [-0.2, 0) is 20.9 Å². The number of carbonyl (C=O) groups excluding carboxylic acids is 3. The fraction of sp³-hybridized carbons (Fsp3) is 0.357. The molecule has 0 spiro atoms. The zero-order valence-corrected chi connectivity index (χ0v) is 12.2. The van der Waals surface area contributed by atoms with Gasteiger partial charge in [0.1, 0.15) is 18.0 Å². The van der Waals surface area contributed by atoms with Crippen molar-refractivity contribution in [1.82, 2.24) is 0 Å². The zero-order valence-electron chi connectivity index (χ0n) is 12.2. The average molecular weight is 309 g/mol. The third-order valence-electron chi connectivity index (χ3n) is 2.86. The Kier molecular flexibility index (Phi) is 6.18. The Labute approximate surface area is 126 Å². The van der Waals surface area contributed by atoms with Gasteiger partial charge < -0.3 is 14.3 Å². The molecule has 0 fully saturated rings. The Morgan fingerprint density at radius 1 is 1.32 bits per heavy atom. The van der Waals surface area contributed by atoms with E-state index in [1.165, 1.54) is 26.2 Å². The third-order valence-corrected chi connectivity index (χ3v) is 2.86. The third kappa shape index (κ3) is 4.37. The van der Waals surface area contributed by atoms with Crippen LogP contribution >= 0.6 is 0 Å². The topological polar surface area (TPSA) is 113 Å². The Hall–Kier alpha value is -2.77. The minimum absolute atomic E-state index is 0.0567. The molecule has 0 saturated carbocycles.